The summed E-state index contributed by atoms with van der Waals surface area (Å²) in [5.74, 6) is 2.61. The van der Waals surface area contributed by atoms with Crippen LogP contribution >= 0.6 is 0 Å². The van der Waals surface area contributed by atoms with E-state index in [4.69, 9.17) is 10.9 Å². The van der Waals surface area contributed by atoms with E-state index in [0.29, 0.717) is 5.76 Å². The van der Waals surface area contributed by atoms with Crippen LogP contribution in [0.4, 0.5) is 5.82 Å². The second-order valence-corrected chi connectivity index (χ2v) is 6.10. The van der Waals surface area contributed by atoms with Gasteiger partial charge in [-0.3, -0.25) is 4.79 Å². The Morgan fingerprint density at radius 3 is 2.59 bits per heavy atom. The van der Waals surface area contributed by atoms with Crippen molar-refractivity contribution in [2.75, 3.05) is 11.9 Å². The molecule has 0 saturated carbocycles. The predicted molar refractivity (Wildman–Crippen MR) is 79.7 cm³/mol. The van der Waals surface area contributed by atoms with Crippen molar-refractivity contribution in [3.63, 3.8) is 0 Å². The summed E-state index contributed by atoms with van der Waals surface area (Å²) in [6.07, 6.45) is 5.01. The molecule has 2 rings (SSSR count). The van der Waals surface area contributed by atoms with Crippen molar-refractivity contribution in [2.45, 2.75) is 11.8 Å². The summed E-state index contributed by atoms with van der Waals surface area (Å²) in [5, 5.41) is 6.18. The largest absolute Gasteiger partial charge is 0.360 e. The normalized spacial score (nSPS) is 10.9. The summed E-state index contributed by atoms with van der Waals surface area (Å²) in [5.41, 5.74) is 0.288. The summed E-state index contributed by atoms with van der Waals surface area (Å²) in [6.45, 7) is 1.60. The lowest BCUT2D eigenvalue weighted by atomic mass is 10.2. The second kappa shape index (κ2) is 6.43. The van der Waals surface area contributed by atoms with Gasteiger partial charge in [-0.25, -0.2) is 8.42 Å². The van der Waals surface area contributed by atoms with Crippen molar-refractivity contribution in [2.24, 2.45) is 0 Å². The van der Waals surface area contributed by atoms with E-state index in [1.54, 1.807) is 13.0 Å². The Hall–Kier alpha value is -2.63. The van der Waals surface area contributed by atoms with Gasteiger partial charge in [0.2, 0.25) is 10.0 Å². The molecule has 0 fully saturated rings. The number of hydrogen-bond donors (Lipinski definition) is 2. The smallest absolute Gasteiger partial charge is 0.256 e. The topological polar surface area (TPSA) is 101 Å². The molecule has 7 nitrogen and oxygen atoms in total. The van der Waals surface area contributed by atoms with Gasteiger partial charge >= 0.3 is 0 Å². The second-order valence-electron chi connectivity index (χ2n) is 4.33. The third-order valence-corrected chi connectivity index (χ3v) is 4.08. The zero-order chi connectivity index (χ0) is 16.2. The molecule has 0 aliphatic rings. The number of nitrogens with one attached hydrogen (secondary N) is 2. The molecule has 1 aromatic heterocycles. The fourth-order valence-corrected chi connectivity index (χ4v) is 2.55. The highest BCUT2D eigenvalue weighted by atomic mass is 32.2. The number of rotatable bonds is 5. The Labute approximate surface area is 127 Å². The van der Waals surface area contributed by atoms with Gasteiger partial charge in [-0.1, -0.05) is 11.1 Å². The molecule has 2 aromatic rings. The Bertz CT molecular complexity index is 817. The van der Waals surface area contributed by atoms with Crippen molar-refractivity contribution >= 4 is 21.7 Å². The first-order chi connectivity index (χ1) is 10.4. The summed E-state index contributed by atoms with van der Waals surface area (Å²) < 4.78 is 30.7. The van der Waals surface area contributed by atoms with Gasteiger partial charge in [0.25, 0.3) is 5.91 Å². The summed E-state index contributed by atoms with van der Waals surface area (Å²) >= 11 is 0. The van der Waals surface area contributed by atoms with E-state index in [9.17, 15) is 13.2 Å². The summed E-state index contributed by atoms with van der Waals surface area (Å²) in [4.78, 5) is 12.0. The number of terminal acetylenes is 1. The third kappa shape index (κ3) is 3.72. The molecule has 0 bridgehead atoms. The van der Waals surface area contributed by atoms with Gasteiger partial charge in [-0.2, -0.15) is 4.72 Å². The Balaban J connectivity index is 2.11. The van der Waals surface area contributed by atoms with Gasteiger partial charge in [0, 0.05) is 11.6 Å². The molecule has 0 aliphatic carbocycles. The molecule has 22 heavy (non-hydrogen) atoms. The first kappa shape index (κ1) is 15.8. The number of benzene rings is 1. The third-order valence-electron chi connectivity index (χ3n) is 2.66. The Kier molecular flexibility index (Phi) is 4.60. The van der Waals surface area contributed by atoms with E-state index >= 15 is 0 Å². The quantitative estimate of drug-likeness (QED) is 0.805. The molecule has 2 N–H and O–H groups in total. The lowest BCUT2D eigenvalue weighted by Crippen LogP contribution is -2.24. The van der Waals surface area contributed by atoms with E-state index < -0.39 is 15.9 Å². The monoisotopic (exact) mass is 319 g/mol. The highest BCUT2D eigenvalue weighted by molar-refractivity contribution is 7.89. The van der Waals surface area contributed by atoms with Crippen LogP contribution in [0.15, 0.2) is 39.8 Å². The van der Waals surface area contributed by atoms with Gasteiger partial charge in [0.1, 0.15) is 5.76 Å². The van der Waals surface area contributed by atoms with Crippen LogP contribution in [0.1, 0.15) is 16.1 Å². The SMILES string of the molecule is C#CCNS(=O)(=O)c1ccc(C(=O)Nc2cc(C)on2)cc1. The fourth-order valence-electron chi connectivity index (χ4n) is 1.62. The number of hydrogen-bond acceptors (Lipinski definition) is 5. The van der Waals surface area contributed by atoms with Crippen molar-refractivity contribution < 1.29 is 17.7 Å². The van der Waals surface area contributed by atoms with E-state index in [1.165, 1.54) is 24.3 Å². The van der Waals surface area contributed by atoms with Gasteiger partial charge in [-0.05, 0) is 31.2 Å². The van der Waals surface area contributed by atoms with Gasteiger partial charge in [-0.15, -0.1) is 6.42 Å². The molecule has 114 valence electrons. The van der Waals surface area contributed by atoms with Crippen LogP contribution in [-0.2, 0) is 10.0 Å². The van der Waals surface area contributed by atoms with Crippen LogP contribution in [0.5, 0.6) is 0 Å². The van der Waals surface area contributed by atoms with Crippen LogP contribution in [0, 0.1) is 19.3 Å². The van der Waals surface area contributed by atoms with Crippen molar-refractivity contribution in [1.82, 2.24) is 9.88 Å². The molecule has 0 spiro atoms. The first-order valence-electron chi connectivity index (χ1n) is 6.20. The molecule has 0 unspecified atom stereocenters. The number of nitrogens with zero attached hydrogens (tertiary/aromatic N) is 1. The molecule has 1 amide bonds. The molecule has 0 atom stereocenters. The lowest BCUT2D eigenvalue weighted by Gasteiger charge is -2.05. The van der Waals surface area contributed by atoms with Crippen LogP contribution in [0.25, 0.3) is 0 Å². The molecular formula is C14H13N3O4S. The Morgan fingerprint density at radius 1 is 1.36 bits per heavy atom. The molecular weight excluding hydrogens is 306 g/mol. The maximum atomic E-state index is 12.0. The zero-order valence-corrected chi connectivity index (χ0v) is 12.5. The van der Waals surface area contributed by atoms with E-state index in [1.807, 2.05) is 0 Å². The number of aryl methyl sites for hydroxylation is 1. The average molecular weight is 319 g/mol. The highest BCUT2D eigenvalue weighted by Crippen LogP contribution is 2.13. The lowest BCUT2D eigenvalue weighted by molar-refractivity contribution is 0.102. The van der Waals surface area contributed by atoms with Crippen molar-refractivity contribution in [3.05, 3.63) is 41.7 Å². The highest BCUT2D eigenvalue weighted by Gasteiger charge is 2.14. The molecule has 1 heterocycles. The zero-order valence-electron chi connectivity index (χ0n) is 11.7. The van der Waals surface area contributed by atoms with Gasteiger partial charge in [0.15, 0.2) is 5.82 Å². The number of carbonyl (C=O) groups excluding carboxylic acids is 1. The predicted octanol–water partition coefficient (Wildman–Crippen LogP) is 1.15. The van der Waals surface area contributed by atoms with Crippen LogP contribution in [0.2, 0.25) is 0 Å². The van der Waals surface area contributed by atoms with Crippen LogP contribution in [-0.4, -0.2) is 26.0 Å². The molecule has 0 aliphatic heterocycles. The number of carbonyl (C=O) groups is 1. The molecule has 8 heteroatoms. The van der Waals surface area contributed by atoms with E-state index in [-0.39, 0.29) is 22.8 Å². The van der Waals surface area contributed by atoms with Crippen molar-refractivity contribution in [1.29, 1.82) is 0 Å². The maximum absolute atomic E-state index is 12.0. The number of anilines is 1. The minimum Gasteiger partial charge on any atom is -0.360 e. The van der Waals surface area contributed by atoms with Crippen LogP contribution in [0.3, 0.4) is 0 Å². The van der Waals surface area contributed by atoms with Crippen molar-refractivity contribution in [3.8, 4) is 12.3 Å². The van der Waals surface area contributed by atoms with E-state index in [0.717, 1.165) is 0 Å². The van der Waals surface area contributed by atoms with E-state index in [2.05, 4.69) is 21.1 Å². The van der Waals surface area contributed by atoms with Gasteiger partial charge < -0.3 is 9.84 Å². The minimum atomic E-state index is -3.67. The van der Waals surface area contributed by atoms with Crippen LogP contribution < -0.4 is 10.0 Å². The number of sulfonamides is 1. The standard InChI is InChI=1S/C14H13N3O4S/c1-3-8-15-22(19,20)12-6-4-11(5-7-12)14(18)16-13-9-10(2)21-17-13/h1,4-7,9,15H,8H2,2H3,(H,16,17,18). The van der Waals surface area contributed by atoms with Gasteiger partial charge in [0.05, 0.1) is 11.4 Å². The molecule has 1 aromatic carbocycles. The number of amides is 1. The molecule has 0 saturated heterocycles. The minimum absolute atomic E-state index is 0.0246. The molecule has 0 radical (unpaired) electrons. The first-order valence-corrected chi connectivity index (χ1v) is 7.68. The maximum Gasteiger partial charge on any atom is 0.256 e. The Morgan fingerprint density at radius 2 is 2.05 bits per heavy atom. The fraction of sp³-hybridized carbons (Fsp3) is 0.143. The summed E-state index contributed by atoms with van der Waals surface area (Å²) in [6, 6.07) is 7.00. The number of aromatic nitrogens is 1. The average Bonchev–Trinajstić information content (AvgIpc) is 2.90. The summed E-state index contributed by atoms with van der Waals surface area (Å²) in [7, 11) is -3.67.